The van der Waals surface area contributed by atoms with Gasteiger partial charge >= 0.3 is 6.01 Å². The number of hydrogen-bond acceptors (Lipinski definition) is 6. The molecule has 3 heterocycles. The summed E-state index contributed by atoms with van der Waals surface area (Å²) >= 11 is 0. The maximum atomic E-state index is 5.97. The van der Waals surface area contributed by atoms with Crippen LogP contribution in [0.5, 0.6) is 0 Å². The van der Waals surface area contributed by atoms with E-state index in [4.69, 9.17) is 9.15 Å². The first-order valence-electron chi connectivity index (χ1n) is 7.97. The number of nitrogens with one attached hydrogen (secondary N) is 1. The standard InChI is InChI=1S/C15H21N5O2/c1-20-7-6-16-13(20)12-11(3-2-8-21-12)9-17-15-19-18-14(22-15)10-4-5-10/h6-7,10-12H,2-5,8-9H2,1H3,(H,17,19)/t11-,12+/m0/s1. The Kier molecular flexibility index (Phi) is 3.57. The van der Waals surface area contributed by atoms with Gasteiger partial charge in [-0.2, -0.15) is 0 Å². The quantitative estimate of drug-likeness (QED) is 0.913. The number of hydrogen-bond donors (Lipinski definition) is 1. The van der Waals surface area contributed by atoms with Crippen LogP contribution >= 0.6 is 0 Å². The van der Waals surface area contributed by atoms with Crippen LogP contribution in [0.4, 0.5) is 6.01 Å². The number of aryl methyl sites for hydroxylation is 1. The highest BCUT2D eigenvalue weighted by atomic mass is 16.5. The van der Waals surface area contributed by atoms with Crippen molar-refractivity contribution < 1.29 is 9.15 Å². The first-order valence-corrected chi connectivity index (χ1v) is 7.97. The van der Waals surface area contributed by atoms with Crippen LogP contribution in [-0.4, -0.2) is 32.9 Å². The number of aromatic nitrogens is 4. The minimum Gasteiger partial charge on any atom is -0.408 e. The molecule has 2 atom stereocenters. The molecular formula is C15H21N5O2. The molecule has 22 heavy (non-hydrogen) atoms. The molecule has 7 nitrogen and oxygen atoms in total. The zero-order valence-electron chi connectivity index (χ0n) is 12.7. The Labute approximate surface area is 129 Å². The van der Waals surface area contributed by atoms with Crippen molar-refractivity contribution in [2.24, 2.45) is 13.0 Å². The van der Waals surface area contributed by atoms with Crippen molar-refractivity contribution in [2.45, 2.75) is 37.7 Å². The summed E-state index contributed by atoms with van der Waals surface area (Å²) in [7, 11) is 2.00. The van der Waals surface area contributed by atoms with Crippen LogP contribution in [-0.2, 0) is 11.8 Å². The van der Waals surface area contributed by atoms with Crippen LogP contribution in [0.3, 0.4) is 0 Å². The zero-order chi connectivity index (χ0) is 14.9. The Hall–Kier alpha value is -1.89. The van der Waals surface area contributed by atoms with Gasteiger partial charge in [-0.05, 0) is 25.7 Å². The molecule has 2 aromatic rings. The van der Waals surface area contributed by atoms with E-state index in [0.717, 1.165) is 37.7 Å². The molecule has 1 saturated heterocycles. The second-order valence-corrected chi connectivity index (χ2v) is 6.19. The van der Waals surface area contributed by atoms with E-state index in [1.807, 2.05) is 24.0 Å². The van der Waals surface area contributed by atoms with E-state index < -0.39 is 0 Å². The Morgan fingerprint density at radius 1 is 1.32 bits per heavy atom. The average molecular weight is 303 g/mol. The molecule has 7 heteroatoms. The van der Waals surface area contributed by atoms with Gasteiger partial charge in [0.1, 0.15) is 11.9 Å². The van der Waals surface area contributed by atoms with E-state index in [9.17, 15) is 0 Å². The second-order valence-electron chi connectivity index (χ2n) is 6.19. The molecule has 0 radical (unpaired) electrons. The van der Waals surface area contributed by atoms with Gasteiger partial charge in [0.05, 0.1) is 0 Å². The van der Waals surface area contributed by atoms with E-state index in [-0.39, 0.29) is 6.10 Å². The van der Waals surface area contributed by atoms with Crippen LogP contribution in [0.15, 0.2) is 16.8 Å². The molecule has 0 spiro atoms. The highest BCUT2D eigenvalue weighted by Gasteiger charge is 2.31. The minimum atomic E-state index is 0.0204. The van der Waals surface area contributed by atoms with Crippen LogP contribution in [0.25, 0.3) is 0 Å². The molecule has 1 aliphatic carbocycles. The Morgan fingerprint density at radius 2 is 2.23 bits per heavy atom. The fourth-order valence-electron chi connectivity index (χ4n) is 3.01. The zero-order valence-corrected chi connectivity index (χ0v) is 12.7. The van der Waals surface area contributed by atoms with Crippen molar-refractivity contribution in [2.75, 3.05) is 18.5 Å². The van der Waals surface area contributed by atoms with Gasteiger partial charge in [-0.15, -0.1) is 5.10 Å². The smallest absolute Gasteiger partial charge is 0.315 e. The van der Waals surface area contributed by atoms with Crippen molar-refractivity contribution in [3.05, 3.63) is 24.1 Å². The summed E-state index contributed by atoms with van der Waals surface area (Å²) in [6.45, 7) is 1.55. The number of ether oxygens (including phenoxy) is 1. The molecule has 1 saturated carbocycles. The van der Waals surface area contributed by atoms with E-state index in [1.54, 1.807) is 0 Å². The Balaban J connectivity index is 1.42. The summed E-state index contributed by atoms with van der Waals surface area (Å²) in [4.78, 5) is 4.44. The maximum Gasteiger partial charge on any atom is 0.315 e. The third-order valence-corrected chi connectivity index (χ3v) is 4.44. The lowest BCUT2D eigenvalue weighted by atomic mass is 9.93. The van der Waals surface area contributed by atoms with E-state index in [2.05, 4.69) is 20.5 Å². The van der Waals surface area contributed by atoms with Gasteiger partial charge in [0, 0.05) is 44.4 Å². The predicted octanol–water partition coefficient (Wildman–Crippen LogP) is 2.26. The third kappa shape index (κ3) is 2.72. The van der Waals surface area contributed by atoms with Gasteiger partial charge in [0.15, 0.2) is 0 Å². The summed E-state index contributed by atoms with van der Waals surface area (Å²) in [6.07, 6.45) is 8.30. The SMILES string of the molecule is Cn1ccnc1[C@@H]1OCCC[C@H]1CNc1nnc(C2CC2)o1. The van der Waals surface area contributed by atoms with E-state index in [1.165, 1.54) is 12.8 Å². The van der Waals surface area contributed by atoms with Crippen molar-refractivity contribution in [1.29, 1.82) is 0 Å². The highest BCUT2D eigenvalue weighted by Crippen LogP contribution is 2.39. The Morgan fingerprint density at radius 3 is 3.00 bits per heavy atom. The molecule has 0 bridgehead atoms. The van der Waals surface area contributed by atoms with Gasteiger partial charge in [-0.3, -0.25) is 0 Å². The highest BCUT2D eigenvalue weighted by molar-refractivity contribution is 5.19. The number of imidazole rings is 1. The number of rotatable bonds is 5. The van der Waals surface area contributed by atoms with Crippen molar-refractivity contribution in [3.8, 4) is 0 Å². The molecule has 2 aliphatic rings. The fourth-order valence-corrected chi connectivity index (χ4v) is 3.01. The van der Waals surface area contributed by atoms with Gasteiger partial charge in [0.2, 0.25) is 5.89 Å². The monoisotopic (exact) mass is 303 g/mol. The summed E-state index contributed by atoms with van der Waals surface area (Å²) < 4.78 is 13.6. The average Bonchev–Trinajstić information content (AvgIpc) is 3.13. The molecule has 1 aliphatic heterocycles. The van der Waals surface area contributed by atoms with Crippen molar-refractivity contribution in [3.63, 3.8) is 0 Å². The van der Waals surface area contributed by atoms with Crippen LogP contribution in [0, 0.1) is 5.92 Å². The number of anilines is 1. The molecule has 1 N–H and O–H groups in total. The fraction of sp³-hybridized carbons (Fsp3) is 0.667. The molecule has 118 valence electrons. The summed E-state index contributed by atoms with van der Waals surface area (Å²) in [5.74, 6) is 2.59. The van der Waals surface area contributed by atoms with Crippen LogP contribution < -0.4 is 5.32 Å². The molecule has 0 unspecified atom stereocenters. The first kappa shape index (κ1) is 13.8. The second kappa shape index (κ2) is 5.72. The molecule has 4 rings (SSSR count). The maximum absolute atomic E-state index is 5.97. The molecule has 2 aromatic heterocycles. The Bertz CT molecular complexity index is 633. The van der Waals surface area contributed by atoms with Gasteiger partial charge < -0.3 is 19.0 Å². The summed E-state index contributed by atoms with van der Waals surface area (Å²) in [5.41, 5.74) is 0. The van der Waals surface area contributed by atoms with E-state index >= 15 is 0 Å². The lowest BCUT2D eigenvalue weighted by Crippen LogP contribution is -2.30. The summed E-state index contributed by atoms with van der Waals surface area (Å²) in [6, 6.07) is 0.520. The molecule has 0 aromatic carbocycles. The summed E-state index contributed by atoms with van der Waals surface area (Å²) in [5, 5.41) is 11.4. The van der Waals surface area contributed by atoms with Crippen LogP contribution in [0.1, 0.15) is 49.4 Å². The lowest BCUT2D eigenvalue weighted by Gasteiger charge is -2.31. The largest absolute Gasteiger partial charge is 0.408 e. The first-order chi connectivity index (χ1) is 10.8. The van der Waals surface area contributed by atoms with Crippen molar-refractivity contribution in [1.82, 2.24) is 19.7 Å². The van der Waals surface area contributed by atoms with Gasteiger partial charge in [0.25, 0.3) is 0 Å². The van der Waals surface area contributed by atoms with E-state index in [0.29, 0.717) is 17.9 Å². The normalized spacial score (nSPS) is 25.3. The molecular weight excluding hydrogens is 282 g/mol. The number of nitrogens with zero attached hydrogens (tertiary/aromatic N) is 4. The predicted molar refractivity (Wildman–Crippen MR) is 79.4 cm³/mol. The van der Waals surface area contributed by atoms with Crippen LogP contribution in [0.2, 0.25) is 0 Å². The third-order valence-electron chi connectivity index (χ3n) is 4.44. The minimum absolute atomic E-state index is 0.0204. The van der Waals surface area contributed by atoms with Gasteiger partial charge in [-0.1, -0.05) is 5.10 Å². The lowest BCUT2D eigenvalue weighted by molar-refractivity contribution is -0.0306. The van der Waals surface area contributed by atoms with Gasteiger partial charge in [-0.25, -0.2) is 4.98 Å². The molecule has 2 fully saturated rings. The molecule has 0 amide bonds. The topological polar surface area (TPSA) is 78.0 Å². The van der Waals surface area contributed by atoms with Crippen molar-refractivity contribution >= 4 is 6.01 Å².